The Morgan fingerprint density at radius 3 is 2.43 bits per heavy atom. The van der Waals surface area contributed by atoms with Crippen LogP contribution < -0.4 is 29.9 Å². The van der Waals surface area contributed by atoms with Crippen molar-refractivity contribution in [1.29, 1.82) is 0 Å². The quantitative estimate of drug-likeness (QED) is 0.317. The van der Waals surface area contributed by atoms with Crippen LogP contribution in [0.4, 0.5) is 22.2 Å². The van der Waals surface area contributed by atoms with Crippen LogP contribution in [-0.4, -0.2) is 80.6 Å². The minimum atomic E-state index is -3.36. The van der Waals surface area contributed by atoms with E-state index in [0.29, 0.717) is 11.4 Å². The lowest BCUT2D eigenvalue weighted by atomic mass is 10.1. The SMILES string of the molecule is C=CC(O)NC1CS(=O)(=O)CC1Nc1ncc2c(n1)N(C)C(=O)N(c1c(Cl)c(OC)cc(OC)c1Cl)C2. The van der Waals surface area contributed by atoms with Crippen LogP contribution >= 0.6 is 23.2 Å². The second kappa shape index (κ2) is 10.5. The topological polar surface area (TPSA) is 146 Å². The molecule has 3 atom stereocenters. The summed E-state index contributed by atoms with van der Waals surface area (Å²) < 4.78 is 35.1. The van der Waals surface area contributed by atoms with E-state index in [2.05, 4.69) is 27.2 Å². The van der Waals surface area contributed by atoms with Gasteiger partial charge in [-0.1, -0.05) is 29.8 Å². The lowest BCUT2D eigenvalue weighted by Crippen LogP contribution is -2.48. The number of rotatable bonds is 8. The first-order valence-electron chi connectivity index (χ1n) is 11.0. The third-order valence-corrected chi connectivity index (χ3v) is 8.57. The van der Waals surface area contributed by atoms with Gasteiger partial charge in [0.1, 0.15) is 33.6 Å². The Labute approximate surface area is 224 Å². The number of fused-ring (bicyclic) bond motifs is 1. The molecule has 2 aliphatic rings. The van der Waals surface area contributed by atoms with Gasteiger partial charge in [-0.25, -0.2) is 18.2 Å². The maximum absolute atomic E-state index is 13.4. The molecule has 12 nitrogen and oxygen atoms in total. The third kappa shape index (κ3) is 5.27. The fourth-order valence-electron chi connectivity index (χ4n) is 4.27. The molecule has 0 bridgehead atoms. The molecule has 3 heterocycles. The Morgan fingerprint density at radius 2 is 1.84 bits per heavy atom. The lowest BCUT2D eigenvalue weighted by Gasteiger charge is -2.35. The highest BCUT2D eigenvalue weighted by Crippen LogP contribution is 2.47. The number of hydrogen-bond donors (Lipinski definition) is 3. The molecule has 4 rings (SSSR count). The van der Waals surface area contributed by atoms with Gasteiger partial charge in [-0.05, 0) is 6.08 Å². The number of nitrogens with one attached hydrogen (secondary N) is 2. The van der Waals surface area contributed by atoms with Crippen molar-refractivity contribution in [2.24, 2.45) is 0 Å². The zero-order valence-electron chi connectivity index (χ0n) is 20.2. The first kappa shape index (κ1) is 27.2. The van der Waals surface area contributed by atoms with Crippen LogP contribution in [0, 0.1) is 0 Å². The number of ether oxygens (including phenoxy) is 2. The van der Waals surface area contributed by atoms with Crippen LogP contribution in [0.5, 0.6) is 11.5 Å². The van der Waals surface area contributed by atoms with Gasteiger partial charge >= 0.3 is 6.03 Å². The maximum Gasteiger partial charge on any atom is 0.330 e. The highest BCUT2D eigenvalue weighted by Gasteiger charge is 2.39. The molecule has 3 N–H and O–H groups in total. The molecule has 1 saturated heterocycles. The van der Waals surface area contributed by atoms with Crippen LogP contribution in [0.25, 0.3) is 0 Å². The number of carbonyl (C=O) groups excluding carboxylic acids is 1. The smallest absolute Gasteiger partial charge is 0.330 e. The van der Waals surface area contributed by atoms with E-state index >= 15 is 0 Å². The summed E-state index contributed by atoms with van der Waals surface area (Å²) in [5.74, 6) is 0.689. The van der Waals surface area contributed by atoms with E-state index in [1.807, 2.05) is 0 Å². The molecule has 200 valence electrons. The number of halogens is 2. The number of methoxy groups -OCH3 is 2. The molecular formula is C22H26Cl2N6O6S. The normalized spacial score (nSPS) is 21.4. The molecule has 1 aromatic carbocycles. The molecule has 2 aliphatic heterocycles. The molecule has 37 heavy (non-hydrogen) atoms. The standard InChI is InChI=1S/C22H26Cl2N6O6S/c1-5-16(31)26-12-9-37(33,34)10-13(12)27-21-25-7-11-8-30(22(32)29(2)20(11)28-21)19-17(23)14(35-3)6-15(36-4)18(19)24/h5-7,12-13,16,26,31H,1,8-10H2,2-4H3,(H,25,27,28). The van der Waals surface area contributed by atoms with E-state index in [4.69, 9.17) is 32.7 Å². The van der Waals surface area contributed by atoms with E-state index in [0.717, 1.165) is 0 Å². The summed E-state index contributed by atoms with van der Waals surface area (Å²) in [5, 5.41) is 16.0. The average molecular weight is 573 g/mol. The van der Waals surface area contributed by atoms with Gasteiger partial charge in [0.15, 0.2) is 9.84 Å². The fourth-order valence-corrected chi connectivity index (χ4v) is 6.85. The fraction of sp³-hybridized carbons (Fsp3) is 0.409. The summed E-state index contributed by atoms with van der Waals surface area (Å²) in [6, 6.07) is -0.144. The Hall–Kier alpha value is -2.84. The number of sulfone groups is 1. The number of urea groups is 1. The molecule has 0 radical (unpaired) electrons. The number of aromatic nitrogens is 2. The van der Waals surface area contributed by atoms with Gasteiger partial charge < -0.3 is 19.9 Å². The zero-order valence-corrected chi connectivity index (χ0v) is 22.6. The van der Waals surface area contributed by atoms with Crippen molar-refractivity contribution in [3.63, 3.8) is 0 Å². The second-order valence-electron chi connectivity index (χ2n) is 8.51. The number of benzene rings is 1. The van der Waals surface area contributed by atoms with Crippen LogP contribution in [0.3, 0.4) is 0 Å². The Balaban J connectivity index is 1.64. The van der Waals surface area contributed by atoms with Crippen LogP contribution in [0.15, 0.2) is 24.9 Å². The number of carbonyl (C=O) groups is 1. The molecule has 2 amide bonds. The summed E-state index contributed by atoms with van der Waals surface area (Å²) >= 11 is 13.0. The molecule has 2 aromatic rings. The number of amides is 2. The van der Waals surface area contributed by atoms with Gasteiger partial charge in [0.05, 0.1) is 44.0 Å². The lowest BCUT2D eigenvalue weighted by molar-refractivity contribution is 0.169. The summed E-state index contributed by atoms with van der Waals surface area (Å²) in [6.07, 6.45) is 1.72. The van der Waals surface area contributed by atoms with E-state index in [1.54, 1.807) is 0 Å². The predicted octanol–water partition coefficient (Wildman–Crippen LogP) is 2.05. The Bertz CT molecular complexity index is 1320. The van der Waals surface area contributed by atoms with E-state index in [9.17, 15) is 18.3 Å². The number of hydrogen-bond acceptors (Lipinski definition) is 10. The number of aliphatic hydroxyl groups excluding tert-OH is 1. The molecular weight excluding hydrogens is 547 g/mol. The van der Waals surface area contributed by atoms with Crippen molar-refractivity contribution < 1.29 is 27.8 Å². The van der Waals surface area contributed by atoms with E-state index < -0.39 is 34.2 Å². The van der Waals surface area contributed by atoms with Gasteiger partial charge in [-0.15, -0.1) is 0 Å². The van der Waals surface area contributed by atoms with Crippen LogP contribution in [0.1, 0.15) is 5.56 Å². The highest BCUT2D eigenvalue weighted by molar-refractivity contribution is 7.91. The van der Waals surface area contributed by atoms with Gasteiger partial charge in [0.2, 0.25) is 5.95 Å². The average Bonchev–Trinajstić information content (AvgIpc) is 3.14. The van der Waals surface area contributed by atoms with Crippen LogP contribution in [0.2, 0.25) is 10.0 Å². The van der Waals surface area contributed by atoms with Gasteiger partial charge in [0.25, 0.3) is 0 Å². The van der Waals surface area contributed by atoms with Crippen molar-refractivity contribution in [2.75, 3.05) is 47.9 Å². The third-order valence-electron chi connectivity index (χ3n) is 6.10. The van der Waals surface area contributed by atoms with Crippen molar-refractivity contribution in [2.45, 2.75) is 24.9 Å². The molecule has 1 aromatic heterocycles. The summed E-state index contributed by atoms with van der Waals surface area (Å²) in [4.78, 5) is 24.9. The van der Waals surface area contributed by atoms with E-state index in [-0.39, 0.29) is 51.2 Å². The number of anilines is 3. The van der Waals surface area contributed by atoms with Crippen molar-refractivity contribution in [3.05, 3.63) is 40.5 Å². The predicted molar refractivity (Wildman–Crippen MR) is 141 cm³/mol. The second-order valence-corrected chi connectivity index (χ2v) is 11.4. The Morgan fingerprint density at radius 1 is 1.22 bits per heavy atom. The number of nitrogens with zero attached hydrogens (tertiary/aromatic N) is 4. The van der Waals surface area contributed by atoms with Crippen molar-refractivity contribution in [3.8, 4) is 11.5 Å². The molecule has 3 unspecified atom stereocenters. The summed E-state index contributed by atoms with van der Waals surface area (Å²) in [7, 11) is 1.06. The van der Waals surface area contributed by atoms with Gasteiger partial charge in [0, 0.05) is 30.9 Å². The monoisotopic (exact) mass is 572 g/mol. The minimum Gasteiger partial charge on any atom is -0.495 e. The first-order valence-corrected chi connectivity index (χ1v) is 13.6. The summed E-state index contributed by atoms with van der Waals surface area (Å²) in [5.41, 5.74) is 0.812. The molecule has 0 aliphatic carbocycles. The molecule has 15 heteroatoms. The first-order chi connectivity index (χ1) is 17.5. The minimum absolute atomic E-state index is 0.0576. The molecule has 0 spiro atoms. The van der Waals surface area contributed by atoms with Crippen LogP contribution in [-0.2, 0) is 16.4 Å². The zero-order chi connectivity index (χ0) is 27.1. The van der Waals surface area contributed by atoms with Crippen molar-refractivity contribution in [1.82, 2.24) is 15.3 Å². The van der Waals surface area contributed by atoms with Gasteiger partial charge in [-0.3, -0.25) is 15.1 Å². The van der Waals surface area contributed by atoms with Crippen molar-refractivity contribution >= 4 is 56.5 Å². The molecule has 0 saturated carbocycles. The largest absolute Gasteiger partial charge is 0.495 e. The maximum atomic E-state index is 13.4. The number of aliphatic hydroxyl groups is 1. The van der Waals surface area contributed by atoms with E-state index in [1.165, 1.54) is 49.4 Å². The molecule has 1 fully saturated rings. The summed E-state index contributed by atoms with van der Waals surface area (Å²) in [6.45, 7) is 3.55. The highest BCUT2D eigenvalue weighted by atomic mass is 35.5. The van der Waals surface area contributed by atoms with Gasteiger partial charge in [-0.2, -0.15) is 4.98 Å². The Kier molecular flexibility index (Phi) is 7.72.